The predicted molar refractivity (Wildman–Crippen MR) is 100 cm³/mol. The minimum atomic E-state index is -0.376. The summed E-state index contributed by atoms with van der Waals surface area (Å²) in [5.41, 5.74) is 1.67. The molecule has 2 heterocycles. The van der Waals surface area contributed by atoms with Gasteiger partial charge in [0.25, 0.3) is 0 Å². The Kier molecular flexibility index (Phi) is 7.59. The van der Waals surface area contributed by atoms with Gasteiger partial charge in [0.2, 0.25) is 0 Å². The summed E-state index contributed by atoms with van der Waals surface area (Å²) in [6.45, 7) is 13.5. The molecule has 2 rings (SSSR count). The summed E-state index contributed by atoms with van der Waals surface area (Å²) in [4.78, 5) is 0. The normalized spacial score (nSPS) is 31.8. The Labute approximate surface area is 150 Å². The summed E-state index contributed by atoms with van der Waals surface area (Å²) in [6, 6.07) is 0. The van der Waals surface area contributed by atoms with Crippen LogP contribution in [0.25, 0.3) is 0 Å². The maximum atomic E-state index is 5.93. The van der Waals surface area contributed by atoms with Gasteiger partial charge in [-0.05, 0) is 13.8 Å². The summed E-state index contributed by atoms with van der Waals surface area (Å²) in [7, 11) is 0. The van der Waals surface area contributed by atoms with E-state index in [9.17, 15) is 0 Å². The van der Waals surface area contributed by atoms with Crippen molar-refractivity contribution in [3.8, 4) is 0 Å². The van der Waals surface area contributed by atoms with Crippen LogP contribution in [0.2, 0.25) is 0 Å². The van der Waals surface area contributed by atoms with E-state index in [1.165, 1.54) is 0 Å². The quantitative estimate of drug-likeness (QED) is 0.680. The molecule has 0 bridgehead atoms. The third-order valence-corrected chi connectivity index (χ3v) is 4.14. The molecular formula is C21H28O4. The van der Waals surface area contributed by atoms with Crippen LogP contribution in [-0.4, -0.2) is 39.0 Å². The molecule has 0 radical (unpaired) electrons. The highest BCUT2D eigenvalue weighted by molar-refractivity contribution is 5.26. The molecule has 4 heteroatoms. The van der Waals surface area contributed by atoms with Crippen LogP contribution >= 0.6 is 0 Å². The highest BCUT2D eigenvalue weighted by Gasteiger charge is 2.42. The van der Waals surface area contributed by atoms with Crippen molar-refractivity contribution in [3.63, 3.8) is 0 Å². The fraction of sp³-hybridized carbons (Fsp3) is 0.429. The molecule has 0 saturated carbocycles. The molecule has 0 amide bonds. The molecule has 0 unspecified atom stereocenters. The van der Waals surface area contributed by atoms with E-state index in [0.717, 1.165) is 11.1 Å². The average Bonchev–Trinajstić information content (AvgIpc) is 2.64. The first-order chi connectivity index (χ1) is 12.2. The third kappa shape index (κ3) is 5.13. The molecule has 0 aromatic heterocycles. The Morgan fingerprint density at radius 2 is 1.40 bits per heavy atom. The lowest BCUT2D eigenvalue weighted by Crippen LogP contribution is -2.52. The van der Waals surface area contributed by atoms with E-state index < -0.39 is 0 Å². The van der Waals surface area contributed by atoms with Crippen molar-refractivity contribution in [2.45, 2.75) is 26.4 Å². The third-order valence-electron chi connectivity index (χ3n) is 4.14. The second kappa shape index (κ2) is 9.68. The monoisotopic (exact) mass is 344 g/mol. The Morgan fingerprint density at radius 3 is 1.84 bits per heavy atom. The van der Waals surface area contributed by atoms with Crippen LogP contribution in [0.4, 0.5) is 0 Å². The summed E-state index contributed by atoms with van der Waals surface area (Å²) in [5, 5.41) is 0. The Hall–Kier alpha value is -1.72. The predicted octanol–water partition coefficient (Wildman–Crippen LogP) is 4.10. The second-order valence-corrected chi connectivity index (χ2v) is 6.19. The number of rotatable bonds is 6. The zero-order valence-electron chi connectivity index (χ0n) is 15.1. The lowest BCUT2D eigenvalue weighted by molar-refractivity contribution is -0.286. The van der Waals surface area contributed by atoms with E-state index >= 15 is 0 Å². The molecule has 2 fully saturated rings. The van der Waals surface area contributed by atoms with Gasteiger partial charge in [0.1, 0.15) is 0 Å². The van der Waals surface area contributed by atoms with Crippen molar-refractivity contribution in [2.24, 2.45) is 5.41 Å². The van der Waals surface area contributed by atoms with Crippen LogP contribution in [0.15, 0.2) is 72.9 Å². The van der Waals surface area contributed by atoms with Crippen LogP contribution in [0, 0.1) is 5.41 Å². The fourth-order valence-corrected chi connectivity index (χ4v) is 2.77. The Bertz CT molecular complexity index is 565. The summed E-state index contributed by atoms with van der Waals surface area (Å²) in [6.07, 6.45) is 14.4. The summed E-state index contributed by atoms with van der Waals surface area (Å²) < 4.78 is 23.7. The van der Waals surface area contributed by atoms with Gasteiger partial charge in [0.05, 0.1) is 31.8 Å². The van der Waals surface area contributed by atoms with Crippen LogP contribution in [-0.2, 0) is 18.9 Å². The average molecular weight is 344 g/mol. The number of hydrogen-bond acceptors (Lipinski definition) is 4. The number of ether oxygens (including phenoxy) is 4. The van der Waals surface area contributed by atoms with Crippen molar-refractivity contribution in [1.82, 2.24) is 0 Å². The van der Waals surface area contributed by atoms with E-state index in [-0.39, 0.29) is 18.0 Å². The van der Waals surface area contributed by atoms with Gasteiger partial charge in [-0.2, -0.15) is 0 Å². The minimum Gasteiger partial charge on any atom is -0.348 e. The maximum Gasteiger partial charge on any atom is 0.183 e. The fourth-order valence-electron chi connectivity index (χ4n) is 2.77. The smallest absolute Gasteiger partial charge is 0.183 e. The molecule has 4 nitrogen and oxygen atoms in total. The molecule has 2 aliphatic heterocycles. The lowest BCUT2D eigenvalue weighted by atomic mass is 9.90. The Morgan fingerprint density at radius 1 is 0.840 bits per heavy atom. The SMILES string of the molecule is C=C/C=C\C(=C/C)C1OCC2(CO1)COC(C(/C=C\C)=C/C=C)OC2. The molecule has 136 valence electrons. The van der Waals surface area contributed by atoms with Crippen LogP contribution in [0.3, 0.4) is 0 Å². The molecule has 25 heavy (non-hydrogen) atoms. The first-order valence-corrected chi connectivity index (χ1v) is 8.55. The van der Waals surface area contributed by atoms with Crippen LogP contribution < -0.4 is 0 Å². The van der Waals surface area contributed by atoms with Gasteiger partial charge in [-0.3, -0.25) is 0 Å². The van der Waals surface area contributed by atoms with Crippen molar-refractivity contribution >= 4 is 0 Å². The van der Waals surface area contributed by atoms with Gasteiger partial charge in [-0.1, -0.05) is 61.8 Å². The van der Waals surface area contributed by atoms with Crippen LogP contribution in [0.5, 0.6) is 0 Å². The van der Waals surface area contributed by atoms with E-state index in [1.54, 1.807) is 12.2 Å². The Balaban J connectivity index is 1.93. The first kappa shape index (κ1) is 19.6. The van der Waals surface area contributed by atoms with Crippen molar-refractivity contribution in [1.29, 1.82) is 0 Å². The van der Waals surface area contributed by atoms with Crippen molar-refractivity contribution < 1.29 is 18.9 Å². The van der Waals surface area contributed by atoms with Gasteiger partial charge >= 0.3 is 0 Å². The zero-order valence-corrected chi connectivity index (χ0v) is 15.1. The van der Waals surface area contributed by atoms with Crippen molar-refractivity contribution in [3.05, 3.63) is 72.9 Å². The van der Waals surface area contributed by atoms with Gasteiger partial charge < -0.3 is 18.9 Å². The van der Waals surface area contributed by atoms with Gasteiger partial charge in [0.15, 0.2) is 12.6 Å². The second-order valence-electron chi connectivity index (χ2n) is 6.19. The van der Waals surface area contributed by atoms with Gasteiger partial charge in [-0.15, -0.1) is 0 Å². The first-order valence-electron chi connectivity index (χ1n) is 8.55. The highest BCUT2D eigenvalue weighted by Crippen LogP contribution is 2.33. The highest BCUT2D eigenvalue weighted by atomic mass is 16.7. The molecular weight excluding hydrogens is 316 g/mol. The molecule has 1 spiro atoms. The zero-order chi connectivity index (χ0) is 18.1. The number of allylic oxidation sites excluding steroid dienone is 6. The topological polar surface area (TPSA) is 36.9 Å². The van der Waals surface area contributed by atoms with E-state index in [2.05, 4.69) is 13.2 Å². The number of hydrogen-bond donors (Lipinski definition) is 0. The minimum absolute atomic E-state index is 0.261. The molecule has 2 aliphatic rings. The van der Waals surface area contributed by atoms with E-state index in [1.807, 2.05) is 50.3 Å². The van der Waals surface area contributed by atoms with Crippen molar-refractivity contribution in [2.75, 3.05) is 26.4 Å². The maximum absolute atomic E-state index is 5.93. The van der Waals surface area contributed by atoms with Gasteiger partial charge in [-0.25, -0.2) is 0 Å². The standard InChI is InChI=1S/C21H28O4/c1-5-9-12-17(8-4)19-22-13-21(14-23-19)15-24-20(25-16-21)18(10-6-2)11-7-3/h5-12,19-20H,1-2,13-16H2,3-4H3/b11-7-,12-9-,17-8+,18-10+. The molecule has 0 aliphatic carbocycles. The molecule has 0 aromatic rings. The summed E-state index contributed by atoms with van der Waals surface area (Å²) in [5.74, 6) is 0. The van der Waals surface area contributed by atoms with E-state index in [4.69, 9.17) is 18.9 Å². The molecule has 0 aromatic carbocycles. The summed E-state index contributed by atoms with van der Waals surface area (Å²) >= 11 is 0. The molecule has 0 N–H and O–H groups in total. The van der Waals surface area contributed by atoms with E-state index in [0.29, 0.717) is 26.4 Å². The van der Waals surface area contributed by atoms with Gasteiger partial charge in [0, 0.05) is 11.1 Å². The largest absolute Gasteiger partial charge is 0.348 e. The molecule has 2 saturated heterocycles. The van der Waals surface area contributed by atoms with Crippen LogP contribution in [0.1, 0.15) is 13.8 Å². The lowest BCUT2D eigenvalue weighted by Gasteiger charge is -2.44. The molecule has 0 atom stereocenters.